The summed E-state index contributed by atoms with van der Waals surface area (Å²) in [5.74, 6) is -1.00. The molecular formula is C39H55N3O6. The molecule has 0 atom stereocenters. The zero-order chi connectivity index (χ0) is 35.1. The van der Waals surface area contributed by atoms with Gasteiger partial charge in [0.25, 0.3) is 5.69 Å². The monoisotopic (exact) mass is 661 g/mol. The van der Waals surface area contributed by atoms with Gasteiger partial charge < -0.3 is 9.68 Å². The van der Waals surface area contributed by atoms with Crippen molar-refractivity contribution in [1.82, 2.24) is 0 Å². The van der Waals surface area contributed by atoms with Gasteiger partial charge in [-0.25, -0.2) is 9.59 Å². The van der Waals surface area contributed by atoms with Crippen LogP contribution in [0.1, 0.15) is 167 Å². The predicted octanol–water partition coefficient (Wildman–Crippen LogP) is 10.7. The van der Waals surface area contributed by atoms with E-state index >= 15 is 0 Å². The maximum atomic E-state index is 12.9. The van der Waals surface area contributed by atoms with Crippen molar-refractivity contribution in [1.29, 1.82) is 0 Å². The van der Waals surface area contributed by atoms with E-state index in [-0.39, 0.29) is 10.6 Å². The van der Waals surface area contributed by atoms with Crippen LogP contribution in [0.15, 0.2) is 40.6 Å². The summed E-state index contributed by atoms with van der Waals surface area (Å²) in [6, 6.07) is 9.78. The number of nitro benzene ring substituents is 1. The molecule has 0 aromatic heterocycles. The van der Waals surface area contributed by atoms with Crippen LogP contribution >= 0.6 is 0 Å². The zero-order valence-electron chi connectivity index (χ0n) is 30.0. The number of hydrogen-bond donors (Lipinski definition) is 0. The van der Waals surface area contributed by atoms with Crippen molar-refractivity contribution in [2.75, 3.05) is 0 Å². The van der Waals surface area contributed by atoms with Gasteiger partial charge in [0, 0.05) is 30.9 Å². The van der Waals surface area contributed by atoms with Gasteiger partial charge in [0.05, 0.1) is 21.9 Å². The predicted molar refractivity (Wildman–Crippen MR) is 192 cm³/mol. The summed E-state index contributed by atoms with van der Waals surface area (Å²) < 4.78 is 0. The van der Waals surface area contributed by atoms with E-state index in [1.807, 2.05) is 12.1 Å². The van der Waals surface area contributed by atoms with Crippen LogP contribution in [0, 0.1) is 10.1 Å². The van der Waals surface area contributed by atoms with Gasteiger partial charge in [0.1, 0.15) is 0 Å². The van der Waals surface area contributed by atoms with Gasteiger partial charge in [-0.1, -0.05) is 114 Å². The number of carbonyl (C=O) groups excluding carboxylic acids is 2. The first kappa shape index (κ1) is 38.6. The maximum Gasteiger partial charge on any atom is 0.331 e. The third-order valence-electron chi connectivity index (χ3n) is 9.32. The van der Waals surface area contributed by atoms with Gasteiger partial charge in [-0.3, -0.25) is 10.1 Å². The number of nitrogens with zero attached hydrogens (tertiary/aromatic N) is 3. The lowest BCUT2D eigenvalue weighted by atomic mass is 9.70. The topological polar surface area (TPSA) is 120 Å². The van der Waals surface area contributed by atoms with Crippen LogP contribution in [0.2, 0.25) is 0 Å². The molecule has 3 rings (SSSR count). The highest BCUT2D eigenvalue weighted by Crippen LogP contribution is 2.57. The van der Waals surface area contributed by atoms with Gasteiger partial charge in [-0.15, -0.1) is 0 Å². The number of unbranched alkanes of at least 4 members (excludes halogenated alkanes) is 8. The van der Waals surface area contributed by atoms with Gasteiger partial charge in [0.15, 0.2) is 0 Å². The molecule has 0 radical (unpaired) electrons. The average molecular weight is 662 g/mol. The van der Waals surface area contributed by atoms with Gasteiger partial charge >= 0.3 is 11.9 Å². The fraction of sp³-hybridized carbons (Fsp3) is 0.590. The summed E-state index contributed by atoms with van der Waals surface area (Å²) in [5, 5.41) is 21.4. The molecule has 2 aromatic rings. The molecule has 0 amide bonds. The molecule has 0 unspecified atom stereocenters. The molecule has 262 valence electrons. The number of carbonyl (C=O) groups is 2. The van der Waals surface area contributed by atoms with E-state index in [0.717, 1.165) is 112 Å². The second-order valence-electron chi connectivity index (χ2n) is 13.1. The van der Waals surface area contributed by atoms with Crippen LogP contribution < -0.4 is 0 Å². The summed E-state index contributed by atoms with van der Waals surface area (Å²) in [4.78, 5) is 46.4. The number of oxime groups is 2. The first-order valence-electron chi connectivity index (χ1n) is 18.1. The highest BCUT2D eigenvalue weighted by molar-refractivity contribution is 6.05. The van der Waals surface area contributed by atoms with E-state index in [1.165, 1.54) is 13.8 Å². The Morgan fingerprint density at radius 3 is 1.67 bits per heavy atom. The SMILES string of the molecule is CCCCCC/C(=N\OC(C)=O)c1ccc2c(c1)C(CCCC)(CCCC)c1cc(/C(CCCCCC)=N/OC(C)=O)cc([N+](=O)[O-])c1-2. The zero-order valence-corrected chi connectivity index (χ0v) is 30.0. The lowest BCUT2D eigenvalue weighted by Crippen LogP contribution is -2.26. The Bertz CT molecular complexity index is 1470. The van der Waals surface area contributed by atoms with Crippen molar-refractivity contribution in [3.63, 3.8) is 0 Å². The van der Waals surface area contributed by atoms with Gasteiger partial charge in [-0.2, -0.15) is 0 Å². The molecule has 0 N–H and O–H groups in total. The summed E-state index contributed by atoms with van der Waals surface area (Å²) in [6.45, 7) is 11.3. The van der Waals surface area contributed by atoms with E-state index in [2.05, 4.69) is 50.1 Å². The quantitative estimate of drug-likeness (QED) is 0.0431. The second-order valence-corrected chi connectivity index (χ2v) is 13.1. The van der Waals surface area contributed by atoms with Crippen LogP contribution in [0.5, 0.6) is 0 Å². The van der Waals surface area contributed by atoms with Crippen molar-refractivity contribution < 1.29 is 24.2 Å². The number of fused-ring (bicyclic) bond motifs is 3. The molecule has 0 fully saturated rings. The molecule has 9 heteroatoms. The van der Waals surface area contributed by atoms with E-state index in [4.69, 9.17) is 9.68 Å². The molecule has 0 spiro atoms. The Morgan fingerprint density at radius 1 is 0.688 bits per heavy atom. The Labute approximate surface area is 286 Å². The Morgan fingerprint density at radius 2 is 1.19 bits per heavy atom. The Hall–Kier alpha value is -3.88. The number of nitro groups is 1. The molecule has 1 aliphatic carbocycles. The Balaban J connectivity index is 2.31. The fourth-order valence-electron chi connectivity index (χ4n) is 6.86. The molecule has 0 bridgehead atoms. The fourth-order valence-corrected chi connectivity index (χ4v) is 6.86. The Kier molecular flexibility index (Phi) is 15.4. The van der Waals surface area contributed by atoms with Crippen molar-refractivity contribution >= 4 is 29.0 Å². The van der Waals surface area contributed by atoms with Crippen molar-refractivity contribution in [2.24, 2.45) is 10.3 Å². The van der Waals surface area contributed by atoms with Crippen LogP contribution in [0.3, 0.4) is 0 Å². The van der Waals surface area contributed by atoms with E-state index < -0.39 is 17.4 Å². The minimum Gasteiger partial charge on any atom is -0.318 e. The number of rotatable bonds is 21. The second kappa shape index (κ2) is 19.2. The van der Waals surface area contributed by atoms with Crippen molar-refractivity contribution in [3.05, 3.63) is 62.7 Å². The standard InChI is InChI=1S/C39H55N3O6/c1-7-11-15-17-19-35(40-47-28(5)43)30-21-22-32-33(25-30)39(23-13-9-3,24-14-10-4)34-26-31(27-37(38(32)34)42(45)46)36(41-48-29(6)44)20-18-16-12-8-2/h21-22,25-27H,7-20,23-24H2,1-6H3/b40-35+,41-36+. The average Bonchev–Trinajstić information content (AvgIpc) is 3.33. The molecule has 2 aromatic carbocycles. The van der Waals surface area contributed by atoms with E-state index in [9.17, 15) is 19.7 Å². The molecule has 0 aliphatic heterocycles. The molecule has 1 aliphatic rings. The molecule has 0 saturated heterocycles. The van der Waals surface area contributed by atoms with Crippen LogP contribution in [0.25, 0.3) is 11.1 Å². The van der Waals surface area contributed by atoms with Crippen LogP contribution in [-0.4, -0.2) is 28.3 Å². The minimum atomic E-state index is -0.530. The molecule has 0 saturated carbocycles. The molecule has 0 heterocycles. The van der Waals surface area contributed by atoms with Crippen LogP contribution in [-0.2, 0) is 24.7 Å². The van der Waals surface area contributed by atoms with Crippen molar-refractivity contribution in [2.45, 2.75) is 150 Å². The van der Waals surface area contributed by atoms with Crippen LogP contribution in [0.4, 0.5) is 5.69 Å². The third-order valence-corrected chi connectivity index (χ3v) is 9.32. The largest absolute Gasteiger partial charge is 0.331 e. The first-order valence-corrected chi connectivity index (χ1v) is 18.1. The van der Waals surface area contributed by atoms with E-state index in [0.29, 0.717) is 35.4 Å². The van der Waals surface area contributed by atoms with Crippen molar-refractivity contribution in [3.8, 4) is 11.1 Å². The summed E-state index contributed by atoms with van der Waals surface area (Å²) in [7, 11) is 0. The molecular weight excluding hydrogens is 606 g/mol. The lowest BCUT2D eigenvalue weighted by molar-refractivity contribution is -0.384. The normalized spacial score (nSPS) is 13.6. The number of hydrogen-bond acceptors (Lipinski definition) is 8. The smallest absolute Gasteiger partial charge is 0.318 e. The maximum absolute atomic E-state index is 12.9. The first-order chi connectivity index (χ1) is 23.1. The number of benzene rings is 2. The summed E-state index contributed by atoms with van der Waals surface area (Å²) >= 11 is 0. The molecule has 48 heavy (non-hydrogen) atoms. The van der Waals surface area contributed by atoms with Gasteiger partial charge in [0.2, 0.25) is 0 Å². The van der Waals surface area contributed by atoms with Gasteiger partial charge in [-0.05, 0) is 72.9 Å². The highest BCUT2D eigenvalue weighted by atomic mass is 16.7. The minimum absolute atomic E-state index is 0.0313. The molecule has 9 nitrogen and oxygen atoms in total. The summed E-state index contributed by atoms with van der Waals surface area (Å²) in [6.07, 6.45) is 14.9. The summed E-state index contributed by atoms with van der Waals surface area (Å²) in [5.41, 5.74) is 5.80. The highest BCUT2D eigenvalue weighted by Gasteiger charge is 2.46. The third kappa shape index (κ3) is 9.83. The lowest BCUT2D eigenvalue weighted by Gasteiger charge is -2.33. The van der Waals surface area contributed by atoms with E-state index in [1.54, 1.807) is 6.07 Å².